The monoisotopic (exact) mass is 282 g/mol. The van der Waals surface area contributed by atoms with Gasteiger partial charge in [-0.25, -0.2) is 0 Å². The van der Waals surface area contributed by atoms with Crippen molar-refractivity contribution < 1.29 is 19.0 Å². The zero-order valence-corrected chi connectivity index (χ0v) is 12.3. The molecule has 0 spiro atoms. The standard InChI is InChI=1S/C14H22N2O4/c1-8(15)5-10-6-11(18-3)13(12(7-10)19-4)20-9(2)14(16)17/h6-9H,5,15H2,1-4H3,(H2,16,17). The van der Waals surface area contributed by atoms with Crippen LogP contribution in [0.1, 0.15) is 19.4 Å². The number of rotatable bonds is 7. The van der Waals surface area contributed by atoms with Crippen molar-refractivity contribution in [1.29, 1.82) is 0 Å². The van der Waals surface area contributed by atoms with E-state index in [1.54, 1.807) is 6.92 Å². The lowest BCUT2D eigenvalue weighted by Crippen LogP contribution is -2.31. The Kier molecular flexibility index (Phi) is 5.64. The highest BCUT2D eigenvalue weighted by atomic mass is 16.5. The molecule has 20 heavy (non-hydrogen) atoms. The Bertz CT molecular complexity index is 449. The summed E-state index contributed by atoms with van der Waals surface area (Å²) in [6, 6.07) is 3.64. The van der Waals surface area contributed by atoms with Crippen molar-refractivity contribution >= 4 is 5.91 Å². The normalized spacial score (nSPS) is 13.4. The van der Waals surface area contributed by atoms with Crippen LogP contribution in [0.3, 0.4) is 0 Å². The van der Waals surface area contributed by atoms with Crippen molar-refractivity contribution in [3.63, 3.8) is 0 Å². The third kappa shape index (κ3) is 4.03. The molecule has 0 heterocycles. The third-order valence-electron chi connectivity index (χ3n) is 2.77. The molecule has 6 heteroatoms. The highest BCUT2D eigenvalue weighted by Gasteiger charge is 2.19. The van der Waals surface area contributed by atoms with Gasteiger partial charge in [0.25, 0.3) is 5.91 Å². The van der Waals surface area contributed by atoms with Crippen LogP contribution in [0.25, 0.3) is 0 Å². The average Bonchev–Trinajstić information content (AvgIpc) is 2.38. The third-order valence-corrected chi connectivity index (χ3v) is 2.77. The fourth-order valence-electron chi connectivity index (χ4n) is 1.77. The lowest BCUT2D eigenvalue weighted by Gasteiger charge is -2.19. The van der Waals surface area contributed by atoms with Crippen LogP contribution in [0.5, 0.6) is 17.2 Å². The van der Waals surface area contributed by atoms with Gasteiger partial charge >= 0.3 is 0 Å². The zero-order chi connectivity index (χ0) is 15.3. The Balaban J connectivity index is 3.17. The molecule has 0 aliphatic carbocycles. The Morgan fingerprint density at radius 2 is 1.70 bits per heavy atom. The zero-order valence-electron chi connectivity index (χ0n) is 12.3. The van der Waals surface area contributed by atoms with Gasteiger partial charge in [0.05, 0.1) is 14.2 Å². The quantitative estimate of drug-likeness (QED) is 0.772. The number of carbonyl (C=O) groups is 1. The van der Waals surface area contributed by atoms with E-state index in [2.05, 4.69) is 0 Å². The molecule has 6 nitrogen and oxygen atoms in total. The molecule has 0 aliphatic heterocycles. The predicted molar refractivity (Wildman–Crippen MR) is 76.2 cm³/mol. The predicted octanol–water partition coefficient (Wildman–Crippen LogP) is 0.846. The minimum atomic E-state index is -0.780. The lowest BCUT2D eigenvalue weighted by atomic mass is 10.1. The molecule has 1 rings (SSSR count). The van der Waals surface area contributed by atoms with Gasteiger partial charge in [-0.1, -0.05) is 0 Å². The second-order valence-electron chi connectivity index (χ2n) is 4.67. The number of amides is 1. The van der Waals surface area contributed by atoms with Crippen LogP contribution >= 0.6 is 0 Å². The topological polar surface area (TPSA) is 96.8 Å². The summed E-state index contributed by atoms with van der Waals surface area (Å²) in [6.45, 7) is 3.48. The van der Waals surface area contributed by atoms with Crippen LogP contribution in [0.2, 0.25) is 0 Å². The number of ether oxygens (including phenoxy) is 3. The number of hydrogen-bond donors (Lipinski definition) is 2. The van der Waals surface area contributed by atoms with Gasteiger partial charge in [0, 0.05) is 6.04 Å². The Morgan fingerprint density at radius 3 is 2.05 bits per heavy atom. The van der Waals surface area contributed by atoms with E-state index in [1.165, 1.54) is 14.2 Å². The molecule has 4 N–H and O–H groups in total. The second kappa shape index (κ2) is 7.00. The molecular formula is C14H22N2O4. The maximum absolute atomic E-state index is 11.1. The first-order chi connectivity index (χ1) is 9.38. The van der Waals surface area contributed by atoms with Crippen molar-refractivity contribution in [2.75, 3.05) is 14.2 Å². The van der Waals surface area contributed by atoms with E-state index in [0.717, 1.165) is 5.56 Å². The number of hydrogen-bond acceptors (Lipinski definition) is 5. The molecule has 1 aromatic carbocycles. The van der Waals surface area contributed by atoms with Gasteiger partial charge in [-0.15, -0.1) is 0 Å². The molecule has 2 unspecified atom stereocenters. The first kappa shape index (κ1) is 16.1. The lowest BCUT2D eigenvalue weighted by molar-refractivity contribution is -0.124. The number of benzene rings is 1. The summed E-state index contributed by atoms with van der Waals surface area (Å²) in [5.74, 6) is 0.754. The van der Waals surface area contributed by atoms with Crippen molar-refractivity contribution in [2.24, 2.45) is 11.5 Å². The fourth-order valence-corrected chi connectivity index (χ4v) is 1.77. The summed E-state index contributed by atoms with van der Waals surface area (Å²) in [6.07, 6.45) is -0.102. The number of methoxy groups -OCH3 is 2. The van der Waals surface area contributed by atoms with Crippen LogP contribution < -0.4 is 25.7 Å². The van der Waals surface area contributed by atoms with E-state index >= 15 is 0 Å². The Morgan fingerprint density at radius 1 is 1.20 bits per heavy atom. The smallest absolute Gasteiger partial charge is 0.258 e. The van der Waals surface area contributed by atoms with Gasteiger partial charge in [-0.3, -0.25) is 4.79 Å². The molecule has 1 aromatic rings. The summed E-state index contributed by atoms with van der Waals surface area (Å²) < 4.78 is 16.1. The molecule has 2 atom stereocenters. The van der Waals surface area contributed by atoms with Gasteiger partial charge in [0.2, 0.25) is 5.75 Å². The second-order valence-corrected chi connectivity index (χ2v) is 4.67. The minimum Gasteiger partial charge on any atom is -0.493 e. The maximum atomic E-state index is 11.1. The van der Waals surface area contributed by atoms with Gasteiger partial charge < -0.3 is 25.7 Å². The molecule has 0 fully saturated rings. The van der Waals surface area contributed by atoms with E-state index < -0.39 is 12.0 Å². The number of nitrogens with two attached hydrogens (primary N) is 2. The van der Waals surface area contributed by atoms with Gasteiger partial charge in [0.1, 0.15) is 0 Å². The van der Waals surface area contributed by atoms with E-state index in [4.69, 9.17) is 25.7 Å². The molecule has 112 valence electrons. The van der Waals surface area contributed by atoms with E-state index in [9.17, 15) is 4.79 Å². The summed E-state index contributed by atoms with van der Waals surface area (Å²) >= 11 is 0. The Labute approximate surface area is 119 Å². The van der Waals surface area contributed by atoms with E-state index in [-0.39, 0.29) is 6.04 Å². The van der Waals surface area contributed by atoms with Crippen molar-refractivity contribution in [1.82, 2.24) is 0 Å². The fraction of sp³-hybridized carbons (Fsp3) is 0.500. The first-order valence-electron chi connectivity index (χ1n) is 6.35. The molecule has 0 aromatic heterocycles. The van der Waals surface area contributed by atoms with Crippen LogP contribution in [-0.4, -0.2) is 32.3 Å². The van der Waals surface area contributed by atoms with Crippen molar-refractivity contribution in [3.05, 3.63) is 17.7 Å². The highest BCUT2D eigenvalue weighted by molar-refractivity contribution is 5.79. The summed E-state index contributed by atoms with van der Waals surface area (Å²) in [7, 11) is 3.04. The Hall–Kier alpha value is -1.95. The SMILES string of the molecule is COc1cc(CC(C)N)cc(OC)c1OC(C)C(N)=O. The van der Waals surface area contributed by atoms with Crippen molar-refractivity contribution in [3.8, 4) is 17.2 Å². The summed E-state index contributed by atoms with van der Waals surface area (Å²) in [5, 5.41) is 0. The molecule has 0 saturated heterocycles. The van der Waals surface area contributed by atoms with Crippen LogP contribution in [0, 0.1) is 0 Å². The molecule has 0 aliphatic rings. The highest BCUT2D eigenvalue weighted by Crippen LogP contribution is 2.39. The van der Waals surface area contributed by atoms with Gasteiger partial charge in [-0.2, -0.15) is 0 Å². The molecule has 0 bridgehead atoms. The summed E-state index contributed by atoms with van der Waals surface area (Å²) in [4.78, 5) is 11.1. The first-order valence-corrected chi connectivity index (χ1v) is 6.35. The van der Waals surface area contributed by atoms with Gasteiger partial charge in [0.15, 0.2) is 17.6 Å². The minimum absolute atomic E-state index is 0.0146. The van der Waals surface area contributed by atoms with Crippen LogP contribution in [0.4, 0.5) is 0 Å². The van der Waals surface area contributed by atoms with Crippen molar-refractivity contribution in [2.45, 2.75) is 32.4 Å². The maximum Gasteiger partial charge on any atom is 0.258 e. The molecule has 1 amide bonds. The van der Waals surface area contributed by atoms with Gasteiger partial charge in [-0.05, 0) is 38.0 Å². The summed E-state index contributed by atoms with van der Waals surface area (Å²) in [5.41, 5.74) is 12.0. The van der Waals surface area contributed by atoms with E-state index in [1.807, 2.05) is 19.1 Å². The van der Waals surface area contributed by atoms with Crippen LogP contribution in [0.15, 0.2) is 12.1 Å². The average molecular weight is 282 g/mol. The van der Waals surface area contributed by atoms with Crippen LogP contribution in [-0.2, 0) is 11.2 Å². The molecular weight excluding hydrogens is 260 g/mol. The number of carbonyl (C=O) groups excluding carboxylic acids is 1. The largest absolute Gasteiger partial charge is 0.493 e. The molecule has 0 saturated carbocycles. The molecule has 0 radical (unpaired) electrons. The van der Waals surface area contributed by atoms with E-state index in [0.29, 0.717) is 23.7 Å². The number of primary amides is 1.